The van der Waals surface area contributed by atoms with Crippen LogP contribution in [-0.4, -0.2) is 24.6 Å². The molecule has 0 bridgehead atoms. The van der Waals surface area contributed by atoms with Gasteiger partial charge in [0.25, 0.3) is 0 Å². The number of amides is 1. The molecular formula is C23H26FN3O3. The molecule has 30 heavy (non-hydrogen) atoms. The second kappa shape index (κ2) is 9.93. The molecule has 0 saturated carbocycles. The first kappa shape index (κ1) is 21.4. The standard InChI is InChI=1S/C23H26FN3O3/c1-16(28)27(14-17-12-20(29-2)9-10-21(17)26-15-25)22-13-18(24)8-11-23(22)30-19-6-4-3-5-7-19/h3-7,9-10,12-13,26H,8,11,14-15,25H2,1-2H3. The van der Waals surface area contributed by atoms with Gasteiger partial charge in [0.2, 0.25) is 5.91 Å². The molecule has 1 aliphatic carbocycles. The molecule has 0 aliphatic heterocycles. The first-order valence-electron chi connectivity index (χ1n) is 9.73. The lowest BCUT2D eigenvalue weighted by atomic mass is 10.1. The van der Waals surface area contributed by atoms with E-state index >= 15 is 0 Å². The van der Waals surface area contributed by atoms with E-state index in [9.17, 15) is 9.18 Å². The molecule has 3 rings (SSSR count). The maximum atomic E-state index is 14.2. The summed E-state index contributed by atoms with van der Waals surface area (Å²) in [5.74, 6) is 1.32. The molecule has 0 saturated heterocycles. The van der Waals surface area contributed by atoms with Gasteiger partial charge < -0.3 is 25.4 Å². The highest BCUT2D eigenvalue weighted by Gasteiger charge is 2.24. The molecule has 7 heteroatoms. The van der Waals surface area contributed by atoms with Crippen LogP contribution in [0.2, 0.25) is 0 Å². The van der Waals surface area contributed by atoms with Crippen molar-refractivity contribution in [2.75, 3.05) is 19.1 Å². The zero-order valence-electron chi connectivity index (χ0n) is 17.2. The summed E-state index contributed by atoms with van der Waals surface area (Å²) in [6.07, 6.45) is 1.97. The van der Waals surface area contributed by atoms with Crippen molar-refractivity contribution >= 4 is 11.6 Å². The molecule has 0 spiro atoms. The molecule has 0 unspecified atom stereocenters. The van der Waals surface area contributed by atoms with E-state index in [0.717, 1.165) is 11.3 Å². The second-order valence-electron chi connectivity index (χ2n) is 6.82. The normalized spacial score (nSPS) is 13.5. The van der Waals surface area contributed by atoms with E-state index < -0.39 is 0 Å². The predicted molar refractivity (Wildman–Crippen MR) is 114 cm³/mol. The van der Waals surface area contributed by atoms with Crippen LogP contribution in [0.4, 0.5) is 10.1 Å². The second-order valence-corrected chi connectivity index (χ2v) is 6.82. The average molecular weight is 411 g/mol. The van der Waals surface area contributed by atoms with Gasteiger partial charge in [0.15, 0.2) is 0 Å². The highest BCUT2D eigenvalue weighted by Crippen LogP contribution is 2.32. The van der Waals surface area contributed by atoms with Crippen LogP contribution >= 0.6 is 0 Å². The number of carbonyl (C=O) groups excluding carboxylic acids is 1. The Hall–Kier alpha value is -3.32. The summed E-state index contributed by atoms with van der Waals surface area (Å²) in [5, 5.41) is 3.08. The molecule has 0 radical (unpaired) electrons. The quantitative estimate of drug-likeness (QED) is 0.633. The lowest BCUT2D eigenvalue weighted by molar-refractivity contribution is -0.127. The van der Waals surface area contributed by atoms with E-state index in [2.05, 4.69) is 5.32 Å². The van der Waals surface area contributed by atoms with Crippen LogP contribution in [0.1, 0.15) is 25.3 Å². The van der Waals surface area contributed by atoms with Crippen molar-refractivity contribution in [2.45, 2.75) is 26.3 Å². The molecule has 2 aromatic carbocycles. The van der Waals surface area contributed by atoms with Crippen LogP contribution in [0.5, 0.6) is 11.5 Å². The molecule has 0 fully saturated rings. The molecule has 6 nitrogen and oxygen atoms in total. The van der Waals surface area contributed by atoms with Gasteiger partial charge in [-0.05, 0) is 42.0 Å². The Morgan fingerprint density at radius 3 is 2.60 bits per heavy atom. The van der Waals surface area contributed by atoms with Gasteiger partial charge in [-0.2, -0.15) is 0 Å². The summed E-state index contributed by atoms with van der Waals surface area (Å²) in [5.41, 5.74) is 7.63. The molecule has 2 aromatic rings. The number of benzene rings is 2. The minimum absolute atomic E-state index is 0.204. The summed E-state index contributed by atoms with van der Waals surface area (Å²) >= 11 is 0. The summed E-state index contributed by atoms with van der Waals surface area (Å²) in [7, 11) is 1.57. The number of nitrogens with zero attached hydrogens (tertiary/aromatic N) is 1. The third-order valence-corrected chi connectivity index (χ3v) is 4.76. The van der Waals surface area contributed by atoms with Crippen LogP contribution in [-0.2, 0) is 11.3 Å². The number of nitrogens with two attached hydrogens (primary N) is 1. The molecule has 1 aliphatic rings. The molecule has 158 valence electrons. The number of allylic oxidation sites excluding steroid dienone is 3. The Morgan fingerprint density at radius 1 is 1.17 bits per heavy atom. The van der Waals surface area contributed by atoms with E-state index in [1.807, 2.05) is 48.5 Å². The van der Waals surface area contributed by atoms with Crippen molar-refractivity contribution < 1.29 is 18.7 Å². The van der Waals surface area contributed by atoms with E-state index in [4.69, 9.17) is 15.2 Å². The van der Waals surface area contributed by atoms with Gasteiger partial charge in [0.1, 0.15) is 23.1 Å². The fourth-order valence-corrected chi connectivity index (χ4v) is 3.27. The smallest absolute Gasteiger partial charge is 0.224 e. The van der Waals surface area contributed by atoms with Crippen molar-refractivity contribution in [2.24, 2.45) is 5.73 Å². The Morgan fingerprint density at radius 2 is 1.93 bits per heavy atom. The summed E-state index contributed by atoms with van der Waals surface area (Å²) in [6.45, 7) is 1.89. The van der Waals surface area contributed by atoms with E-state index in [0.29, 0.717) is 29.4 Å². The van der Waals surface area contributed by atoms with Gasteiger partial charge >= 0.3 is 0 Å². The van der Waals surface area contributed by atoms with Crippen molar-refractivity contribution in [3.05, 3.63) is 77.5 Å². The van der Waals surface area contributed by atoms with Crippen LogP contribution < -0.4 is 20.5 Å². The fraction of sp³-hybridized carbons (Fsp3) is 0.261. The van der Waals surface area contributed by atoms with E-state index in [1.54, 1.807) is 7.11 Å². The number of hydrogen-bond donors (Lipinski definition) is 2. The topological polar surface area (TPSA) is 76.8 Å². The number of nitrogens with one attached hydrogen (secondary N) is 1. The number of halogens is 1. The highest BCUT2D eigenvalue weighted by molar-refractivity contribution is 5.76. The number of methoxy groups -OCH3 is 1. The summed E-state index contributed by atoms with van der Waals surface area (Å²) < 4.78 is 25.6. The Balaban J connectivity index is 2.00. The fourth-order valence-electron chi connectivity index (χ4n) is 3.27. The van der Waals surface area contributed by atoms with Gasteiger partial charge in [-0.1, -0.05) is 18.2 Å². The minimum atomic E-state index is -0.289. The number of anilines is 1. The van der Waals surface area contributed by atoms with Crippen LogP contribution in [0, 0.1) is 0 Å². The number of hydrogen-bond acceptors (Lipinski definition) is 5. The van der Waals surface area contributed by atoms with Gasteiger partial charge in [0, 0.05) is 25.5 Å². The molecule has 0 heterocycles. The Labute approximate surface area is 175 Å². The maximum absolute atomic E-state index is 14.2. The third kappa shape index (κ3) is 5.18. The number of ether oxygens (including phenoxy) is 2. The predicted octanol–water partition coefficient (Wildman–Crippen LogP) is 4.31. The van der Waals surface area contributed by atoms with Crippen molar-refractivity contribution in [1.29, 1.82) is 0 Å². The summed E-state index contributed by atoms with van der Waals surface area (Å²) in [6, 6.07) is 14.7. The van der Waals surface area contributed by atoms with Gasteiger partial charge in [-0.25, -0.2) is 4.39 Å². The van der Waals surface area contributed by atoms with Gasteiger partial charge in [-0.15, -0.1) is 0 Å². The van der Waals surface area contributed by atoms with E-state index in [-0.39, 0.29) is 31.4 Å². The minimum Gasteiger partial charge on any atom is -0.497 e. The van der Waals surface area contributed by atoms with Crippen LogP contribution in [0.3, 0.4) is 0 Å². The van der Waals surface area contributed by atoms with E-state index in [1.165, 1.54) is 17.9 Å². The first-order chi connectivity index (χ1) is 14.5. The van der Waals surface area contributed by atoms with Crippen molar-refractivity contribution in [3.63, 3.8) is 0 Å². The molecule has 1 amide bonds. The van der Waals surface area contributed by atoms with Crippen molar-refractivity contribution in [1.82, 2.24) is 4.90 Å². The third-order valence-electron chi connectivity index (χ3n) is 4.76. The monoisotopic (exact) mass is 411 g/mol. The molecule has 0 atom stereocenters. The lowest BCUT2D eigenvalue weighted by Gasteiger charge is -2.28. The lowest BCUT2D eigenvalue weighted by Crippen LogP contribution is -2.30. The highest BCUT2D eigenvalue weighted by atomic mass is 19.1. The number of carbonyl (C=O) groups is 1. The molecule has 3 N–H and O–H groups in total. The summed E-state index contributed by atoms with van der Waals surface area (Å²) in [4.78, 5) is 14.1. The first-order valence-corrected chi connectivity index (χ1v) is 9.73. The SMILES string of the molecule is COc1ccc(NCN)c(CN(C(C)=O)C2=C(Oc3ccccc3)CCC(F)=C2)c1. The van der Waals surface area contributed by atoms with Crippen LogP contribution in [0.15, 0.2) is 71.9 Å². The zero-order chi connectivity index (χ0) is 21.5. The Kier molecular flexibility index (Phi) is 7.08. The van der Waals surface area contributed by atoms with Gasteiger partial charge in [-0.3, -0.25) is 4.79 Å². The maximum Gasteiger partial charge on any atom is 0.224 e. The molecule has 0 aromatic heterocycles. The zero-order valence-corrected chi connectivity index (χ0v) is 17.2. The number of para-hydroxylation sites is 1. The van der Waals surface area contributed by atoms with Gasteiger partial charge in [0.05, 0.1) is 26.0 Å². The van der Waals surface area contributed by atoms with Crippen LogP contribution in [0.25, 0.3) is 0 Å². The molecular weight excluding hydrogens is 385 g/mol. The number of rotatable bonds is 8. The Bertz CT molecular complexity index is 957. The average Bonchev–Trinajstić information content (AvgIpc) is 2.75. The van der Waals surface area contributed by atoms with Crippen molar-refractivity contribution in [3.8, 4) is 11.5 Å². The largest absolute Gasteiger partial charge is 0.497 e.